The van der Waals surface area contributed by atoms with E-state index in [2.05, 4.69) is 30.4 Å². The number of ether oxygens (including phenoxy) is 1. The fourth-order valence-corrected chi connectivity index (χ4v) is 2.26. The molecule has 1 aliphatic rings. The molecule has 1 aromatic carbocycles. The summed E-state index contributed by atoms with van der Waals surface area (Å²) in [7, 11) is 0. The molecule has 0 atom stereocenters. The van der Waals surface area contributed by atoms with Crippen molar-refractivity contribution in [3.8, 4) is 5.75 Å². The third kappa shape index (κ3) is 3.65. The van der Waals surface area contributed by atoms with Gasteiger partial charge in [0.2, 0.25) is 0 Å². The van der Waals surface area contributed by atoms with E-state index in [4.69, 9.17) is 4.74 Å². The maximum absolute atomic E-state index is 5.50. The molecule has 1 N–H and O–H groups in total. The lowest BCUT2D eigenvalue weighted by Gasteiger charge is -2.07. The third-order valence-electron chi connectivity index (χ3n) is 3.30. The summed E-state index contributed by atoms with van der Waals surface area (Å²) in [5.41, 5.74) is 2.59. The van der Waals surface area contributed by atoms with E-state index in [-0.39, 0.29) is 0 Å². The van der Waals surface area contributed by atoms with Crippen LogP contribution in [0.3, 0.4) is 0 Å². The molecule has 1 heterocycles. The van der Waals surface area contributed by atoms with Crippen LogP contribution in [0, 0.1) is 0 Å². The quantitative estimate of drug-likeness (QED) is 0.719. The molecule has 0 radical (unpaired) electrons. The minimum Gasteiger partial charge on any atom is -0.493 e. The van der Waals surface area contributed by atoms with Crippen LogP contribution in [-0.2, 0) is 6.42 Å². The zero-order valence-electron chi connectivity index (χ0n) is 10.8. The van der Waals surface area contributed by atoms with Crippen molar-refractivity contribution in [1.29, 1.82) is 0 Å². The summed E-state index contributed by atoms with van der Waals surface area (Å²) in [5, 5.41) is 3.50. The van der Waals surface area contributed by atoms with Gasteiger partial charge >= 0.3 is 0 Å². The number of unbranched alkanes of at least 4 members (excludes halogenated alkanes) is 4. The number of nitrogens with one attached hydrogen (secondary N) is 1. The van der Waals surface area contributed by atoms with Crippen molar-refractivity contribution in [3.63, 3.8) is 0 Å². The molecule has 0 amide bonds. The summed E-state index contributed by atoms with van der Waals surface area (Å²) in [6.07, 6.45) is 7.73. The van der Waals surface area contributed by atoms with Gasteiger partial charge in [-0.15, -0.1) is 0 Å². The lowest BCUT2D eigenvalue weighted by Crippen LogP contribution is -2.01. The fraction of sp³-hybridized carbons (Fsp3) is 0.600. The Morgan fingerprint density at radius 3 is 2.94 bits per heavy atom. The first kappa shape index (κ1) is 12.3. The first-order valence-electron chi connectivity index (χ1n) is 6.90. The van der Waals surface area contributed by atoms with Crippen molar-refractivity contribution in [2.45, 2.75) is 45.4 Å². The minimum atomic E-state index is 0.843. The van der Waals surface area contributed by atoms with Crippen LogP contribution in [-0.4, -0.2) is 13.2 Å². The molecular weight excluding hydrogens is 210 g/mol. The van der Waals surface area contributed by atoms with Gasteiger partial charge in [0.15, 0.2) is 0 Å². The summed E-state index contributed by atoms with van der Waals surface area (Å²) >= 11 is 0. The second-order valence-electron chi connectivity index (χ2n) is 4.76. The summed E-state index contributed by atoms with van der Waals surface area (Å²) in [4.78, 5) is 0. The minimum absolute atomic E-state index is 0.843. The van der Waals surface area contributed by atoms with Crippen molar-refractivity contribution in [2.24, 2.45) is 0 Å². The van der Waals surface area contributed by atoms with Crippen LogP contribution in [0.15, 0.2) is 18.2 Å². The van der Waals surface area contributed by atoms with Crippen molar-refractivity contribution < 1.29 is 4.74 Å². The van der Waals surface area contributed by atoms with E-state index >= 15 is 0 Å². The van der Waals surface area contributed by atoms with Crippen LogP contribution in [0.2, 0.25) is 0 Å². The van der Waals surface area contributed by atoms with Crippen molar-refractivity contribution in [3.05, 3.63) is 23.8 Å². The van der Waals surface area contributed by atoms with E-state index < -0.39 is 0 Å². The lowest BCUT2D eigenvalue weighted by molar-refractivity contribution is 0.357. The van der Waals surface area contributed by atoms with Gasteiger partial charge in [0.05, 0.1) is 6.61 Å². The van der Waals surface area contributed by atoms with Crippen LogP contribution in [0.1, 0.15) is 44.6 Å². The van der Waals surface area contributed by atoms with Gasteiger partial charge in [0, 0.05) is 18.7 Å². The second-order valence-corrected chi connectivity index (χ2v) is 4.76. The normalized spacial score (nSPS) is 13.2. The first-order valence-corrected chi connectivity index (χ1v) is 6.90. The first-order chi connectivity index (χ1) is 8.40. The molecule has 1 aromatic rings. The Hall–Kier alpha value is -1.18. The largest absolute Gasteiger partial charge is 0.493 e. The predicted octanol–water partition coefficient (Wildman–Crippen LogP) is 4.00. The topological polar surface area (TPSA) is 21.3 Å². The van der Waals surface area contributed by atoms with E-state index in [0.29, 0.717) is 0 Å². The molecule has 0 fully saturated rings. The molecule has 2 heteroatoms. The Labute approximate surface area is 104 Å². The van der Waals surface area contributed by atoms with E-state index in [1.54, 1.807) is 0 Å². The monoisotopic (exact) mass is 233 g/mol. The number of hydrogen-bond acceptors (Lipinski definition) is 2. The zero-order chi connectivity index (χ0) is 11.9. The number of benzene rings is 1. The van der Waals surface area contributed by atoms with E-state index in [1.807, 2.05) is 0 Å². The average Bonchev–Trinajstić information content (AvgIpc) is 2.81. The molecule has 1 aliphatic heterocycles. The van der Waals surface area contributed by atoms with Crippen LogP contribution in [0.5, 0.6) is 5.75 Å². The van der Waals surface area contributed by atoms with Gasteiger partial charge in [0.25, 0.3) is 0 Å². The van der Waals surface area contributed by atoms with E-state index in [0.717, 1.165) is 25.3 Å². The summed E-state index contributed by atoms with van der Waals surface area (Å²) < 4.78 is 5.50. The lowest BCUT2D eigenvalue weighted by atomic mass is 10.1. The Morgan fingerprint density at radius 2 is 2.06 bits per heavy atom. The highest BCUT2D eigenvalue weighted by molar-refractivity contribution is 5.52. The smallest absolute Gasteiger partial charge is 0.122 e. The second kappa shape index (κ2) is 6.53. The molecule has 0 bridgehead atoms. The third-order valence-corrected chi connectivity index (χ3v) is 3.30. The highest BCUT2D eigenvalue weighted by atomic mass is 16.5. The SMILES string of the molecule is CCCCCCCNc1ccc2c(c1)CCO2. The van der Waals surface area contributed by atoms with Gasteiger partial charge in [-0.1, -0.05) is 32.6 Å². The summed E-state index contributed by atoms with van der Waals surface area (Å²) in [5.74, 6) is 1.07. The number of anilines is 1. The maximum atomic E-state index is 5.50. The molecule has 0 saturated heterocycles. The van der Waals surface area contributed by atoms with Crippen molar-refractivity contribution >= 4 is 5.69 Å². The molecular formula is C15H23NO. The van der Waals surface area contributed by atoms with E-state index in [1.165, 1.54) is 43.4 Å². The standard InChI is InChI=1S/C15H23NO/c1-2-3-4-5-6-10-16-14-7-8-15-13(12-14)9-11-17-15/h7-8,12,16H,2-6,9-11H2,1H3. The molecule has 0 saturated carbocycles. The number of fused-ring (bicyclic) bond motifs is 1. The van der Waals surface area contributed by atoms with Gasteiger partial charge in [-0.2, -0.15) is 0 Å². The van der Waals surface area contributed by atoms with Gasteiger partial charge in [0.1, 0.15) is 5.75 Å². The van der Waals surface area contributed by atoms with Gasteiger partial charge in [-0.25, -0.2) is 0 Å². The van der Waals surface area contributed by atoms with Crippen molar-refractivity contribution in [1.82, 2.24) is 0 Å². The maximum Gasteiger partial charge on any atom is 0.122 e. The molecule has 0 aliphatic carbocycles. The highest BCUT2D eigenvalue weighted by Gasteiger charge is 2.11. The summed E-state index contributed by atoms with van der Waals surface area (Å²) in [6.45, 7) is 4.18. The molecule has 0 aromatic heterocycles. The Bertz CT molecular complexity index is 349. The predicted molar refractivity (Wildman–Crippen MR) is 72.9 cm³/mol. The summed E-state index contributed by atoms with van der Waals surface area (Å²) in [6, 6.07) is 6.44. The molecule has 17 heavy (non-hydrogen) atoms. The molecule has 0 unspecified atom stereocenters. The molecule has 2 nitrogen and oxygen atoms in total. The Morgan fingerprint density at radius 1 is 1.18 bits per heavy atom. The van der Waals surface area contributed by atoms with Crippen LogP contribution in [0.25, 0.3) is 0 Å². The Kier molecular flexibility index (Phi) is 4.72. The van der Waals surface area contributed by atoms with Crippen LogP contribution in [0.4, 0.5) is 5.69 Å². The van der Waals surface area contributed by atoms with Gasteiger partial charge in [-0.3, -0.25) is 0 Å². The molecule has 94 valence electrons. The Balaban J connectivity index is 1.69. The van der Waals surface area contributed by atoms with Crippen LogP contribution < -0.4 is 10.1 Å². The highest BCUT2D eigenvalue weighted by Crippen LogP contribution is 2.27. The fourth-order valence-electron chi connectivity index (χ4n) is 2.26. The van der Waals surface area contributed by atoms with Crippen molar-refractivity contribution in [2.75, 3.05) is 18.5 Å². The molecule has 0 spiro atoms. The molecule has 2 rings (SSSR count). The number of rotatable bonds is 7. The average molecular weight is 233 g/mol. The van der Waals surface area contributed by atoms with E-state index in [9.17, 15) is 0 Å². The zero-order valence-corrected chi connectivity index (χ0v) is 10.8. The number of hydrogen-bond donors (Lipinski definition) is 1. The van der Waals surface area contributed by atoms with Gasteiger partial charge < -0.3 is 10.1 Å². The van der Waals surface area contributed by atoms with Crippen LogP contribution >= 0.6 is 0 Å². The van der Waals surface area contributed by atoms with Gasteiger partial charge in [-0.05, 0) is 30.2 Å².